The molecular formula is C37H27BN2O3. The van der Waals surface area contributed by atoms with Crippen molar-refractivity contribution in [3.05, 3.63) is 124 Å². The van der Waals surface area contributed by atoms with E-state index in [2.05, 4.69) is 100 Å². The van der Waals surface area contributed by atoms with Crippen LogP contribution >= 0.6 is 0 Å². The summed E-state index contributed by atoms with van der Waals surface area (Å²) in [4.78, 5) is 0. The van der Waals surface area contributed by atoms with Crippen LogP contribution in [0.2, 0.25) is 0 Å². The molecule has 0 radical (unpaired) electrons. The summed E-state index contributed by atoms with van der Waals surface area (Å²) in [6, 6.07) is 35.4. The maximum absolute atomic E-state index is 10.2. The first-order chi connectivity index (χ1) is 20.7. The van der Waals surface area contributed by atoms with Crippen molar-refractivity contribution in [3.8, 4) is 34.8 Å². The van der Waals surface area contributed by atoms with Gasteiger partial charge in [-0.3, -0.25) is 0 Å². The van der Waals surface area contributed by atoms with Gasteiger partial charge in [-0.1, -0.05) is 60.7 Å². The molecule has 2 heterocycles. The molecular weight excluding hydrogens is 531 g/mol. The van der Waals surface area contributed by atoms with E-state index < -0.39 is 23.7 Å². The molecule has 0 N–H and O–H groups in total. The van der Waals surface area contributed by atoms with Gasteiger partial charge in [0.15, 0.2) is 0 Å². The number of hydrogen-bond donors (Lipinski definition) is 0. The lowest BCUT2D eigenvalue weighted by Crippen LogP contribution is -2.41. The first kappa shape index (κ1) is 25.8. The lowest BCUT2D eigenvalue weighted by atomic mass is 9.65. The van der Waals surface area contributed by atoms with Crippen LogP contribution in [-0.2, 0) is 14.7 Å². The zero-order valence-corrected chi connectivity index (χ0v) is 24.4. The fraction of sp³-hybridized carbons (Fsp3) is 0.189. The number of rotatable bonds is 1. The molecule has 43 heavy (non-hydrogen) atoms. The van der Waals surface area contributed by atoms with E-state index in [0.29, 0.717) is 22.6 Å². The molecule has 1 spiro atoms. The molecule has 3 aliphatic rings. The molecule has 0 bridgehead atoms. The Kier molecular flexibility index (Phi) is 5.15. The lowest BCUT2D eigenvalue weighted by molar-refractivity contribution is 0.00578. The minimum absolute atomic E-state index is 0.345. The first-order valence-corrected chi connectivity index (χ1v) is 14.5. The van der Waals surface area contributed by atoms with Crippen LogP contribution in [0.4, 0.5) is 0 Å². The molecule has 6 heteroatoms. The van der Waals surface area contributed by atoms with Gasteiger partial charge in [-0.25, -0.2) is 0 Å². The standard InChI is InChI=1S/C37H27BN2O3/c1-35(2)36(3,4)43-38(42-35)26-14-13-23-18-28-27-9-5-6-10-29(27)37(31(28)19-24(23)17-26)30-11-7-8-12-33(30)41-34-25(21-40)15-22(20-39)16-32(34)37/h5-19H,1-4H3. The molecule has 1 atom stereocenters. The van der Waals surface area contributed by atoms with Crippen molar-refractivity contribution in [2.45, 2.75) is 44.3 Å². The van der Waals surface area contributed by atoms with Crippen molar-refractivity contribution < 1.29 is 14.0 Å². The number of ether oxygens (including phenoxy) is 1. The largest absolute Gasteiger partial charge is 0.494 e. The smallest absolute Gasteiger partial charge is 0.455 e. The van der Waals surface area contributed by atoms with Crippen LogP contribution in [0, 0.1) is 22.7 Å². The molecule has 1 aliphatic carbocycles. The average molecular weight is 558 g/mol. The minimum atomic E-state index is -0.789. The van der Waals surface area contributed by atoms with E-state index in [0.717, 1.165) is 49.6 Å². The third-order valence-electron chi connectivity index (χ3n) is 9.80. The molecule has 1 unspecified atom stereocenters. The SMILES string of the molecule is CC1(C)OB(c2ccc3cc4c(cc3c2)C2(c3ccccc3Oc3c(C#N)cc(C#N)cc32)c2ccccc2-4)OC1(C)C. The number of hydrogen-bond acceptors (Lipinski definition) is 5. The Morgan fingerprint density at radius 2 is 1.35 bits per heavy atom. The van der Waals surface area contributed by atoms with Crippen molar-refractivity contribution in [1.82, 2.24) is 0 Å². The second kappa shape index (κ2) is 8.58. The number of fused-ring (bicyclic) bond motifs is 10. The van der Waals surface area contributed by atoms with E-state index in [9.17, 15) is 10.5 Å². The van der Waals surface area contributed by atoms with Gasteiger partial charge in [-0.15, -0.1) is 0 Å². The number of nitriles is 2. The summed E-state index contributed by atoms with van der Waals surface area (Å²) in [5.41, 5.74) is 6.27. The Labute approximate surface area is 251 Å². The molecule has 5 aromatic rings. The topological polar surface area (TPSA) is 75.3 Å². The van der Waals surface area contributed by atoms with Gasteiger partial charge in [0.1, 0.15) is 17.6 Å². The Morgan fingerprint density at radius 1 is 0.628 bits per heavy atom. The second-order valence-electron chi connectivity index (χ2n) is 12.6. The summed E-state index contributed by atoms with van der Waals surface area (Å²) in [5.74, 6) is 1.19. The molecule has 5 nitrogen and oxygen atoms in total. The molecule has 1 fully saturated rings. The average Bonchev–Trinajstić information content (AvgIpc) is 3.41. The maximum atomic E-state index is 10.2. The van der Waals surface area contributed by atoms with Crippen LogP contribution in [0.3, 0.4) is 0 Å². The fourth-order valence-electron chi connectivity index (χ4n) is 7.03. The number of para-hydroxylation sites is 1. The molecule has 2 aliphatic heterocycles. The Bertz CT molecular complexity index is 2100. The van der Waals surface area contributed by atoms with Gasteiger partial charge in [0.25, 0.3) is 0 Å². The molecule has 0 saturated carbocycles. The van der Waals surface area contributed by atoms with Gasteiger partial charge >= 0.3 is 7.12 Å². The van der Waals surface area contributed by atoms with E-state index in [4.69, 9.17) is 14.0 Å². The van der Waals surface area contributed by atoms with E-state index in [1.807, 2.05) is 24.3 Å². The first-order valence-electron chi connectivity index (χ1n) is 14.5. The van der Waals surface area contributed by atoms with Crippen LogP contribution in [0.5, 0.6) is 11.5 Å². The van der Waals surface area contributed by atoms with Crippen molar-refractivity contribution >= 4 is 23.4 Å². The summed E-state index contributed by atoms with van der Waals surface area (Å²) >= 11 is 0. The molecule has 1 saturated heterocycles. The predicted octanol–water partition coefficient (Wildman–Crippen LogP) is 7.35. The highest BCUT2D eigenvalue weighted by Gasteiger charge is 2.53. The zero-order chi connectivity index (χ0) is 29.7. The van der Waals surface area contributed by atoms with Gasteiger partial charge in [-0.05, 0) is 96.5 Å². The Morgan fingerprint density at radius 3 is 2.09 bits per heavy atom. The predicted molar refractivity (Wildman–Crippen MR) is 166 cm³/mol. The Hall–Kier alpha value is -4.88. The van der Waals surface area contributed by atoms with Crippen molar-refractivity contribution in [3.63, 3.8) is 0 Å². The zero-order valence-electron chi connectivity index (χ0n) is 24.4. The molecule has 0 amide bonds. The minimum Gasteiger partial charge on any atom is -0.455 e. The van der Waals surface area contributed by atoms with Gasteiger partial charge in [0, 0.05) is 11.1 Å². The van der Waals surface area contributed by atoms with Crippen LogP contribution in [0.1, 0.15) is 61.1 Å². The molecule has 206 valence electrons. The third kappa shape index (κ3) is 3.34. The maximum Gasteiger partial charge on any atom is 0.494 e. The van der Waals surface area contributed by atoms with E-state index in [-0.39, 0.29) is 0 Å². The van der Waals surface area contributed by atoms with E-state index >= 15 is 0 Å². The van der Waals surface area contributed by atoms with Crippen LogP contribution in [0.15, 0.2) is 91.0 Å². The molecule has 0 aromatic heterocycles. The van der Waals surface area contributed by atoms with Gasteiger partial charge in [-0.2, -0.15) is 10.5 Å². The summed E-state index contributed by atoms with van der Waals surface area (Å²) in [7, 11) is -0.477. The summed E-state index contributed by atoms with van der Waals surface area (Å²) in [6.45, 7) is 8.25. The number of nitrogens with zero attached hydrogens (tertiary/aromatic N) is 2. The van der Waals surface area contributed by atoms with E-state index in [1.165, 1.54) is 0 Å². The highest BCUT2D eigenvalue weighted by atomic mass is 16.7. The van der Waals surface area contributed by atoms with Crippen molar-refractivity contribution in [2.24, 2.45) is 0 Å². The van der Waals surface area contributed by atoms with Crippen molar-refractivity contribution in [1.29, 1.82) is 10.5 Å². The summed E-state index contributed by atoms with van der Waals surface area (Å²) in [5, 5.41) is 22.3. The van der Waals surface area contributed by atoms with Crippen LogP contribution in [-0.4, -0.2) is 18.3 Å². The normalized spacial score (nSPS) is 20.0. The fourth-order valence-corrected chi connectivity index (χ4v) is 7.03. The summed E-state index contributed by atoms with van der Waals surface area (Å²) in [6.07, 6.45) is 0. The van der Waals surface area contributed by atoms with Gasteiger partial charge < -0.3 is 14.0 Å². The van der Waals surface area contributed by atoms with Gasteiger partial charge in [0.05, 0.1) is 33.8 Å². The van der Waals surface area contributed by atoms with Crippen LogP contribution in [0.25, 0.3) is 21.9 Å². The molecule has 8 rings (SSSR count). The second-order valence-corrected chi connectivity index (χ2v) is 12.6. The van der Waals surface area contributed by atoms with Crippen LogP contribution < -0.4 is 10.2 Å². The van der Waals surface area contributed by atoms with Gasteiger partial charge in [0.2, 0.25) is 0 Å². The Balaban J connectivity index is 1.45. The lowest BCUT2D eigenvalue weighted by Gasteiger charge is -2.39. The summed E-state index contributed by atoms with van der Waals surface area (Å²) < 4.78 is 19.3. The molecule has 5 aromatic carbocycles. The highest BCUT2D eigenvalue weighted by Crippen LogP contribution is 2.63. The number of benzene rings is 5. The highest BCUT2D eigenvalue weighted by molar-refractivity contribution is 6.62. The van der Waals surface area contributed by atoms with Crippen molar-refractivity contribution in [2.75, 3.05) is 0 Å². The quantitative estimate of drug-likeness (QED) is 0.197. The monoisotopic (exact) mass is 558 g/mol. The van der Waals surface area contributed by atoms with E-state index in [1.54, 1.807) is 6.07 Å². The third-order valence-corrected chi connectivity index (χ3v) is 9.80.